The molecular weight excluding hydrogens is 508 g/mol. The Kier molecular flexibility index (Phi) is 9.24. The van der Waals surface area contributed by atoms with Gasteiger partial charge in [-0.2, -0.15) is 0 Å². The molecule has 1 heterocycles. The molecule has 9 heteroatoms. The van der Waals surface area contributed by atoms with Gasteiger partial charge in [-0.1, -0.05) is 46.9 Å². The van der Waals surface area contributed by atoms with E-state index in [-0.39, 0.29) is 25.8 Å². The zero-order valence-corrected chi connectivity index (χ0v) is 20.9. The van der Waals surface area contributed by atoms with Crippen LogP contribution in [0, 0.1) is 0 Å². The number of hydrogen-bond donors (Lipinski definition) is 1. The molecule has 0 saturated heterocycles. The van der Waals surface area contributed by atoms with Crippen LogP contribution in [0.15, 0.2) is 48.5 Å². The largest absolute Gasteiger partial charge is 0.490 e. The molecule has 0 saturated carbocycles. The van der Waals surface area contributed by atoms with Gasteiger partial charge in [-0.3, -0.25) is 0 Å². The van der Waals surface area contributed by atoms with Gasteiger partial charge in [0.1, 0.15) is 6.61 Å². The SMILES string of the molecule is CCOc1cc(CNCc2ccc3c(c2)OCO3)cc(Cl)c1OCc1ccc(Cl)cc1Cl.Cl. The van der Waals surface area contributed by atoms with E-state index in [0.29, 0.717) is 46.3 Å². The van der Waals surface area contributed by atoms with Crippen LogP contribution in [0.1, 0.15) is 23.6 Å². The number of ether oxygens (including phenoxy) is 4. The van der Waals surface area contributed by atoms with Gasteiger partial charge in [0.25, 0.3) is 0 Å². The first kappa shape index (κ1) is 25.6. The number of fused-ring (bicyclic) bond motifs is 1. The van der Waals surface area contributed by atoms with Gasteiger partial charge in [0, 0.05) is 28.7 Å². The lowest BCUT2D eigenvalue weighted by molar-refractivity contribution is 0.174. The second kappa shape index (κ2) is 11.9. The number of halogens is 4. The molecule has 0 aliphatic carbocycles. The average Bonchev–Trinajstić information content (AvgIpc) is 3.22. The monoisotopic (exact) mass is 529 g/mol. The summed E-state index contributed by atoms with van der Waals surface area (Å²) in [6.07, 6.45) is 0. The molecule has 0 amide bonds. The minimum Gasteiger partial charge on any atom is -0.490 e. The van der Waals surface area contributed by atoms with E-state index in [1.54, 1.807) is 12.1 Å². The van der Waals surface area contributed by atoms with Crippen molar-refractivity contribution in [1.29, 1.82) is 0 Å². The maximum Gasteiger partial charge on any atom is 0.231 e. The lowest BCUT2D eigenvalue weighted by atomic mass is 10.1. The Hall–Kier alpha value is -2.02. The summed E-state index contributed by atoms with van der Waals surface area (Å²) in [7, 11) is 0. The maximum absolute atomic E-state index is 6.54. The number of hydrogen-bond acceptors (Lipinski definition) is 5. The smallest absolute Gasteiger partial charge is 0.231 e. The quantitative estimate of drug-likeness (QED) is 0.320. The van der Waals surface area contributed by atoms with Crippen molar-refractivity contribution in [3.05, 3.63) is 80.3 Å². The summed E-state index contributed by atoms with van der Waals surface area (Å²) in [6, 6.07) is 15.0. The summed E-state index contributed by atoms with van der Waals surface area (Å²) in [5.41, 5.74) is 2.89. The molecule has 1 N–H and O–H groups in total. The Bertz CT molecular complexity index is 1110. The molecule has 0 bridgehead atoms. The van der Waals surface area contributed by atoms with E-state index >= 15 is 0 Å². The predicted octanol–water partition coefficient (Wildman–Crippen LogP) is 7.06. The van der Waals surface area contributed by atoms with Crippen molar-refractivity contribution < 1.29 is 18.9 Å². The Morgan fingerprint density at radius 1 is 0.848 bits per heavy atom. The second-order valence-corrected chi connectivity index (χ2v) is 8.40. The molecule has 0 spiro atoms. The molecule has 176 valence electrons. The van der Waals surface area contributed by atoms with Crippen LogP contribution >= 0.6 is 47.2 Å². The molecule has 33 heavy (non-hydrogen) atoms. The zero-order valence-electron chi connectivity index (χ0n) is 17.8. The molecule has 0 radical (unpaired) electrons. The van der Waals surface area contributed by atoms with Crippen molar-refractivity contribution in [3.63, 3.8) is 0 Å². The van der Waals surface area contributed by atoms with Gasteiger partial charge in [-0.05, 0) is 54.4 Å². The Morgan fingerprint density at radius 3 is 2.42 bits per heavy atom. The van der Waals surface area contributed by atoms with Crippen LogP contribution in [-0.2, 0) is 19.7 Å². The van der Waals surface area contributed by atoms with E-state index in [1.807, 2.05) is 43.3 Å². The van der Waals surface area contributed by atoms with Crippen LogP contribution < -0.4 is 24.3 Å². The minimum atomic E-state index is 0. The van der Waals surface area contributed by atoms with Gasteiger partial charge in [0.15, 0.2) is 23.0 Å². The summed E-state index contributed by atoms with van der Waals surface area (Å²) >= 11 is 18.8. The third-order valence-electron chi connectivity index (χ3n) is 4.85. The normalized spacial score (nSPS) is 11.8. The van der Waals surface area contributed by atoms with Gasteiger partial charge >= 0.3 is 0 Å². The molecule has 0 aromatic heterocycles. The summed E-state index contributed by atoms with van der Waals surface area (Å²) in [5, 5.41) is 5.00. The first-order chi connectivity index (χ1) is 15.5. The molecule has 3 aromatic carbocycles. The predicted molar refractivity (Wildman–Crippen MR) is 134 cm³/mol. The lowest BCUT2D eigenvalue weighted by Gasteiger charge is -2.16. The van der Waals surface area contributed by atoms with E-state index in [0.717, 1.165) is 28.2 Å². The average molecular weight is 531 g/mol. The molecule has 0 unspecified atom stereocenters. The molecule has 0 fully saturated rings. The van der Waals surface area contributed by atoms with Crippen LogP contribution in [0.25, 0.3) is 0 Å². The third-order valence-corrected chi connectivity index (χ3v) is 5.72. The van der Waals surface area contributed by atoms with E-state index in [2.05, 4.69) is 5.32 Å². The van der Waals surface area contributed by atoms with Crippen molar-refractivity contribution in [1.82, 2.24) is 5.32 Å². The summed E-state index contributed by atoms with van der Waals surface area (Å²) in [6.45, 7) is 4.20. The van der Waals surface area contributed by atoms with Crippen LogP contribution in [0.4, 0.5) is 0 Å². The third kappa shape index (κ3) is 6.52. The van der Waals surface area contributed by atoms with Crippen LogP contribution in [0.3, 0.4) is 0 Å². The van der Waals surface area contributed by atoms with Gasteiger partial charge in [0.2, 0.25) is 6.79 Å². The van der Waals surface area contributed by atoms with Crippen molar-refractivity contribution in [3.8, 4) is 23.0 Å². The summed E-state index contributed by atoms with van der Waals surface area (Å²) in [4.78, 5) is 0. The number of nitrogens with one attached hydrogen (secondary N) is 1. The van der Waals surface area contributed by atoms with E-state index in [4.69, 9.17) is 53.8 Å². The highest BCUT2D eigenvalue weighted by atomic mass is 35.5. The van der Waals surface area contributed by atoms with Crippen LogP contribution in [0.5, 0.6) is 23.0 Å². The molecular formula is C24H23Cl4NO4. The standard InChI is InChI=1S/C24H22Cl3NO4.ClH/c1-2-29-23-9-16(12-28-11-15-3-6-21-22(8-15)32-14-31-21)7-20(27)24(23)30-13-17-4-5-18(25)10-19(17)26;/h3-10,28H,2,11-14H2,1H3;1H. The lowest BCUT2D eigenvalue weighted by Crippen LogP contribution is -2.13. The Balaban J connectivity index is 0.00000306. The zero-order chi connectivity index (χ0) is 22.5. The Labute approximate surface area is 214 Å². The minimum absolute atomic E-state index is 0. The van der Waals surface area contributed by atoms with Gasteiger partial charge < -0.3 is 24.3 Å². The van der Waals surface area contributed by atoms with Crippen LogP contribution in [0.2, 0.25) is 15.1 Å². The van der Waals surface area contributed by atoms with Crippen molar-refractivity contribution in [2.75, 3.05) is 13.4 Å². The Morgan fingerprint density at radius 2 is 1.64 bits per heavy atom. The molecule has 1 aliphatic rings. The fourth-order valence-corrected chi connectivity index (χ4v) is 4.07. The summed E-state index contributed by atoms with van der Waals surface area (Å²) < 4.78 is 22.5. The van der Waals surface area contributed by atoms with Gasteiger partial charge in [0.05, 0.1) is 11.6 Å². The van der Waals surface area contributed by atoms with Crippen molar-refractivity contribution >= 4 is 47.2 Å². The van der Waals surface area contributed by atoms with E-state index in [9.17, 15) is 0 Å². The molecule has 4 rings (SSSR count). The molecule has 5 nitrogen and oxygen atoms in total. The van der Waals surface area contributed by atoms with Gasteiger partial charge in [-0.25, -0.2) is 0 Å². The van der Waals surface area contributed by atoms with Gasteiger partial charge in [-0.15, -0.1) is 12.4 Å². The number of benzene rings is 3. The summed E-state index contributed by atoms with van der Waals surface area (Å²) in [5.74, 6) is 2.62. The van der Waals surface area contributed by atoms with E-state index in [1.165, 1.54) is 0 Å². The molecule has 0 atom stereocenters. The molecule has 1 aliphatic heterocycles. The van der Waals surface area contributed by atoms with Crippen molar-refractivity contribution in [2.45, 2.75) is 26.6 Å². The van der Waals surface area contributed by atoms with Crippen molar-refractivity contribution in [2.24, 2.45) is 0 Å². The van der Waals surface area contributed by atoms with Crippen LogP contribution in [-0.4, -0.2) is 13.4 Å². The highest BCUT2D eigenvalue weighted by Crippen LogP contribution is 2.38. The maximum atomic E-state index is 6.54. The highest BCUT2D eigenvalue weighted by molar-refractivity contribution is 6.35. The van der Waals surface area contributed by atoms with E-state index < -0.39 is 0 Å². The highest BCUT2D eigenvalue weighted by Gasteiger charge is 2.15. The topological polar surface area (TPSA) is 49.0 Å². The molecule has 3 aromatic rings. The first-order valence-corrected chi connectivity index (χ1v) is 11.3. The fourth-order valence-electron chi connectivity index (χ4n) is 3.32. The second-order valence-electron chi connectivity index (χ2n) is 7.15. The first-order valence-electron chi connectivity index (χ1n) is 10.1. The fraction of sp³-hybridized carbons (Fsp3) is 0.250. The number of rotatable bonds is 9.